The number of anilines is 3. The van der Waals surface area contributed by atoms with Gasteiger partial charge in [-0.1, -0.05) is 18.2 Å². The van der Waals surface area contributed by atoms with Gasteiger partial charge >= 0.3 is 0 Å². The average Bonchev–Trinajstić information content (AvgIpc) is 2.43. The number of aromatic nitrogens is 1. The first kappa shape index (κ1) is 11.5. The van der Waals surface area contributed by atoms with Crippen molar-refractivity contribution in [3.63, 3.8) is 0 Å². The van der Waals surface area contributed by atoms with Crippen LogP contribution in [0.1, 0.15) is 5.69 Å². The molecule has 0 aliphatic carbocycles. The van der Waals surface area contributed by atoms with E-state index in [1.807, 2.05) is 55.6 Å². The molecule has 19 heavy (non-hydrogen) atoms. The molecule has 0 bridgehead atoms. The summed E-state index contributed by atoms with van der Waals surface area (Å²) in [5.74, 6) is 0. The number of fused-ring (bicyclic) bond motifs is 1. The average molecular weight is 249 g/mol. The molecule has 3 N–H and O–H groups in total. The van der Waals surface area contributed by atoms with E-state index >= 15 is 0 Å². The van der Waals surface area contributed by atoms with E-state index in [4.69, 9.17) is 5.73 Å². The highest BCUT2D eigenvalue weighted by Crippen LogP contribution is 2.30. The Morgan fingerprint density at radius 2 is 1.79 bits per heavy atom. The highest BCUT2D eigenvalue weighted by Gasteiger charge is 2.05. The number of hydrogen-bond donors (Lipinski definition) is 2. The SMILES string of the molecule is Cc1cc2c(Nc3ccccc3)ccc(N)c2cn1. The van der Waals surface area contributed by atoms with Crippen molar-refractivity contribution in [1.82, 2.24) is 4.98 Å². The fourth-order valence-corrected chi connectivity index (χ4v) is 2.15. The minimum Gasteiger partial charge on any atom is -0.398 e. The van der Waals surface area contributed by atoms with Crippen molar-refractivity contribution in [1.29, 1.82) is 0 Å². The predicted octanol–water partition coefficient (Wildman–Crippen LogP) is 3.87. The Morgan fingerprint density at radius 1 is 1.00 bits per heavy atom. The van der Waals surface area contributed by atoms with Gasteiger partial charge < -0.3 is 11.1 Å². The maximum absolute atomic E-state index is 6.00. The molecule has 1 aromatic heterocycles. The summed E-state index contributed by atoms with van der Waals surface area (Å²) in [5, 5.41) is 5.49. The fourth-order valence-electron chi connectivity index (χ4n) is 2.15. The molecule has 3 heteroatoms. The smallest absolute Gasteiger partial charge is 0.0466 e. The van der Waals surface area contributed by atoms with Gasteiger partial charge in [0.25, 0.3) is 0 Å². The minimum atomic E-state index is 0.751. The van der Waals surface area contributed by atoms with Crippen molar-refractivity contribution in [2.45, 2.75) is 6.92 Å². The Balaban J connectivity index is 2.13. The van der Waals surface area contributed by atoms with E-state index in [0.29, 0.717) is 0 Å². The molecular formula is C16H15N3. The molecule has 1 heterocycles. The number of nitrogens with zero attached hydrogens (tertiary/aromatic N) is 1. The van der Waals surface area contributed by atoms with Crippen LogP contribution in [-0.4, -0.2) is 4.98 Å². The summed E-state index contributed by atoms with van der Waals surface area (Å²) in [6.45, 7) is 1.98. The van der Waals surface area contributed by atoms with E-state index in [1.54, 1.807) is 0 Å². The number of nitrogen functional groups attached to an aromatic ring is 1. The van der Waals surface area contributed by atoms with Gasteiger partial charge in [0.05, 0.1) is 0 Å². The van der Waals surface area contributed by atoms with Gasteiger partial charge in [-0.15, -0.1) is 0 Å². The van der Waals surface area contributed by atoms with Gasteiger partial charge in [0.2, 0.25) is 0 Å². The number of rotatable bonds is 2. The summed E-state index contributed by atoms with van der Waals surface area (Å²) in [5.41, 5.74) is 9.83. The number of aryl methyl sites for hydroxylation is 1. The number of para-hydroxylation sites is 1. The molecule has 0 spiro atoms. The molecule has 2 aromatic carbocycles. The summed E-state index contributed by atoms with van der Waals surface area (Å²) in [7, 11) is 0. The largest absolute Gasteiger partial charge is 0.398 e. The maximum atomic E-state index is 6.00. The summed E-state index contributed by atoms with van der Waals surface area (Å²) in [6.07, 6.45) is 1.83. The van der Waals surface area contributed by atoms with Crippen LogP contribution in [0, 0.1) is 6.92 Å². The first-order valence-corrected chi connectivity index (χ1v) is 6.21. The monoisotopic (exact) mass is 249 g/mol. The lowest BCUT2D eigenvalue weighted by atomic mass is 10.1. The summed E-state index contributed by atoms with van der Waals surface area (Å²) in [4.78, 5) is 4.31. The minimum absolute atomic E-state index is 0.751. The summed E-state index contributed by atoms with van der Waals surface area (Å²) in [6, 6.07) is 16.1. The zero-order valence-electron chi connectivity index (χ0n) is 10.7. The molecule has 0 aliphatic rings. The highest BCUT2D eigenvalue weighted by atomic mass is 14.9. The Bertz CT molecular complexity index is 721. The van der Waals surface area contributed by atoms with Gasteiger partial charge in [-0.25, -0.2) is 0 Å². The topological polar surface area (TPSA) is 50.9 Å². The van der Waals surface area contributed by atoms with Crippen LogP contribution in [0.15, 0.2) is 54.7 Å². The third-order valence-electron chi connectivity index (χ3n) is 3.12. The zero-order valence-corrected chi connectivity index (χ0v) is 10.7. The lowest BCUT2D eigenvalue weighted by molar-refractivity contribution is 1.22. The molecule has 94 valence electrons. The molecule has 0 unspecified atom stereocenters. The molecule has 0 aliphatic heterocycles. The van der Waals surface area contributed by atoms with E-state index in [1.165, 1.54) is 0 Å². The molecule has 0 atom stereocenters. The summed E-state index contributed by atoms with van der Waals surface area (Å²) < 4.78 is 0. The second kappa shape index (κ2) is 4.61. The number of benzene rings is 2. The third-order valence-corrected chi connectivity index (χ3v) is 3.12. The van der Waals surface area contributed by atoms with Crippen molar-refractivity contribution in [3.05, 3.63) is 60.4 Å². The van der Waals surface area contributed by atoms with E-state index in [0.717, 1.165) is 33.5 Å². The summed E-state index contributed by atoms with van der Waals surface area (Å²) >= 11 is 0. The van der Waals surface area contributed by atoms with Crippen molar-refractivity contribution in [2.24, 2.45) is 0 Å². The number of nitrogens with one attached hydrogen (secondary N) is 1. The Morgan fingerprint density at radius 3 is 2.58 bits per heavy atom. The molecule has 0 fully saturated rings. The van der Waals surface area contributed by atoms with Crippen LogP contribution in [-0.2, 0) is 0 Å². The van der Waals surface area contributed by atoms with Crippen LogP contribution >= 0.6 is 0 Å². The molecular weight excluding hydrogens is 234 g/mol. The molecule has 3 aromatic rings. The van der Waals surface area contributed by atoms with Crippen molar-refractivity contribution in [3.8, 4) is 0 Å². The van der Waals surface area contributed by atoms with Crippen LogP contribution in [0.25, 0.3) is 10.8 Å². The normalized spacial score (nSPS) is 10.6. The lowest BCUT2D eigenvalue weighted by Crippen LogP contribution is -1.95. The Hall–Kier alpha value is -2.55. The standard InChI is InChI=1S/C16H15N3/c1-11-9-13-14(10-18-11)15(17)7-8-16(13)19-12-5-3-2-4-6-12/h2-10,19H,17H2,1H3. The maximum Gasteiger partial charge on any atom is 0.0466 e. The van der Waals surface area contributed by atoms with E-state index in [2.05, 4.69) is 16.4 Å². The molecule has 3 nitrogen and oxygen atoms in total. The van der Waals surface area contributed by atoms with E-state index < -0.39 is 0 Å². The fraction of sp³-hybridized carbons (Fsp3) is 0.0625. The van der Waals surface area contributed by atoms with Gasteiger partial charge in [-0.3, -0.25) is 4.98 Å². The van der Waals surface area contributed by atoms with Crippen molar-refractivity contribution >= 4 is 27.8 Å². The van der Waals surface area contributed by atoms with E-state index in [-0.39, 0.29) is 0 Å². The zero-order chi connectivity index (χ0) is 13.2. The van der Waals surface area contributed by atoms with Crippen LogP contribution in [0.4, 0.5) is 17.1 Å². The quantitative estimate of drug-likeness (QED) is 0.678. The highest BCUT2D eigenvalue weighted by molar-refractivity contribution is 6.01. The predicted molar refractivity (Wildman–Crippen MR) is 80.6 cm³/mol. The third kappa shape index (κ3) is 2.22. The molecule has 0 radical (unpaired) electrons. The van der Waals surface area contributed by atoms with Gasteiger partial charge in [0, 0.05) is 39.7 Å². The Labute approximate surface area is 112 Å². The lowest BCUT2D eigenvalue weighted by Gasteiger charge is -2.11. The van der Waals surface area contributed by atoms with Crippen molar-refractivity contribution < 1.29 is 0 Å². The molecule has 0 amide bonds. The van der Waals surface area contributed by atoms with Crippen LogP contribution < -0.4 is 11.1 Å². The van der Waals surface area contributed by atoms with Gasteiger partial charge in [-0.05, 0) is 37.3 Å². The molecule has 0 saturated carbocycles. The van der Waals surface area contributed by atoms with Crippen LogP contribution in [0.3, 0.4) is 0 Å². The van der Waals surface area contributed by atoms with Crippen LogP contribution in [0.5, 0.6) is 0 Å². The Kier molecular flexibility index (Phi) is 2.80. The van der Waals surface area contributed by atoms with Crippen LogP contribution in [0.2, 0.25) is 0 Å². The van der Waals surface area contributed by atoms with Gasteiger partial charge in [0.1, 0.15) is 0 Å². The number of hydrogen-bond acceptors (Lipinski definition) is 3. The second-order valence-electron chi connectivity index (χ2n) is 4.56. The van der Waals surface area contributed by atoms with E-state index in [9.17, 15) is 0 Å². The van der Waals surface area contributed by atoms with Gasteiger partial charge in [-0.2, -0.15) is 0 Å². The molecule has 0 saturated heterocycles. The molecule has 3 rings (SSSR count). The number of nitrogens with two attached hydrogens (primary N) is 1. The first-order chi connectivity index (χ1) is 9.24. The first-order valence-electron chi connectivity index (χ1n) is 6.21. The van der Waals surface area contributed by atoms with Crippen molar-refractivity contribution in [2.75, 3.05) is 11.1 Å². The number of pyridine rings is 1. The van der Waals surface area contributed by atoms with Gasteiger partial charge in [0.15, 0.2) is 0 Å². The second-order valence-corrected chi connectivity index (χ2v) is 4.56.